The number of carbonyl (C=O) groups is 1. The van der Waals surface area contributed by atoms with E-state index in [9.17, 15) is 13.2 Å². The van der Waals surface area contributed by atoms with Gasteiger partial charge in [0.05, 0.1) is 10.9 Å². The van der Waals surface area contributed by atoms with E-state index in [-0.39, 0.29) is 18.3 Å². The molecule has 2 aromatic carbocycles. The quantitative estimate of drug-likeness (QED) is 0.514. The summed E-state index contributed by atoms with van der Waals surface area (Å²) in [4.78, 5) is 18.5. The Hall–Kier alpha value is -2.46. The minimum Gasteiger partial charge on any atom is -0.311 e. The zero-order valence-electron chi connectivity index (χ0n) is 16.5. The van der Waals surface area contributed by atoms with E-state index in [0.717, 1.165) is 12.0 Å². The maximum atomic E-state index is 12.8. The summed E-state index contributed by atoms with van der Waals surface area (Å²) in [7, 11) is -3.72. The second kappa shape index (κ2) is 9.35. The summed E-state index contributed by atoms with van der Waals surface area (Å²) in [5.41, 5.74) is 1.79. The fraction of sp³-hybridized carbons (Fsp3) is 0.238. The van der Waals surface area contributed by atoms with Crippen LogP contribution in [0.15, 0.2) is 65.0 Å². The number of aromatic nitrogens is 1. The van der Waals surface area contributed by atoms with Crippen LogP contribution in [0.3, 0.4) is 0 Å². The third kappa shape index (κ3) is 5.24. The number of hydrogen-bond acceptors (Lipinski definition) is 6. The molecule has 0 spiro atoms. The third-order valence-corrected chi connectivity index (χ3v) is 7.42. The van der Waals surface area contributed by atoms with Crippen LogP contribution in [-0.4, -0.2) is 38.4 Å². The van der Waals surface area contributed by atoms with Crippen LogP contribution in [0.25, 0.3) is 0 Å². The van der Waals surface area contributed by atoms with Crippen LogP contribution in [0.5, 0.6) is 0 Å². The summed E-state index contributed by atoms with van der Waals surface area (Å²) in [6, 6.07) is 13.7. The minimum absolute atomic E-state index is 0. The van der Waals surface area contributed by atoms with Gasteiger partial charge in [-0.2, -0.15) is 0 Å². The van der Waals surface area contributed by atoms with Gasteiger partial charge in [-0.05, 0) is 61.3 Å². The number of sulfonamides is 1. The van der Waals surface area contributed by atoms with Crippen LogP contribution in [0.2, 0.25) is 5.02 Å². The number of halogens is 1. The number of rotatable bonds is 8. The highest BCUT2D eigenvalue weighted by Crippen LogP contribution is 2.25. The van der Waals surface area contributed by atoms with Gasteiger partial charge < -0.3 is 10.2 Å². The molecule has 0 bridgehead atoms. The van der Waals surface area contributed by atoms with Gasteiger partial charge in [0.1, 0.15) is 0 Å². The largest absolute Gasteiger partial charge is 0.311 e. The van der Waals surface area contributed by atoms with Crippen molar-refractivity contribution in [2.24, 2.45) is 0 Å². The zero-order valence-corrected chi connectivity index (χ0v) is 18.9. The van der Waals surface area contributed by atoms with E-state index in [1.807, 2.05) is 24.3 Å². The molecule has 1 aliphatic heterocycles. The molecule has 1 amide bonds. The molecule has 1 fully saturated rings. The Kier molecular flexibility index (Phi) is 6.57. The summed E-state index contributed by atoms with van der Waals surface area (Å²) in [6.07, 6.45) is 3.01. The first kappa shape index (κ1) is 21.8. The summed E-state index contributed by atoms with van der Waals surface area (Å²) in [5.74, 6) is -0.0115. The molecule has 10 heteroatoms. The van der Waals surface area contributed by atoms with Crippen molar-refractivity contribution in [3.05, 3.63) is 70.7 Å². The highest BCUT2D eigenvalue weighted by Gasteiger charge is 2.32. The highest BCUT2D eigenvalue weighted by molar-refractivity contribution is 7.93. The van der Waals surface area contributed by atoms with E-state index in [4.69, 9.17) is 11.6 Å². The van der Waals surface area contributed by atoms with Crippen molar-refractivity contribution in [1.82, 2.24) is 10.3 Å². The number of amides is 1. The number of nitrogens with zero attached hydrogens (tertiary/aromatic N) is 2. The first-order chi connectivity index (χ1) is 14.9. The molecule has 7 nitrogen and oxygen atoms in total. The third-order valence-electron chi connectivity index (χ3n) is 5.01. The lowest BCUT2D eigenvalue weighted by Crippen LogP contribution is -2.39. The number of hydrogen-bond donors (Lipinski definition) is 2. The average Bonchev–Trinajstić information content (AvgIpc) is 3.38. The van der Waals surface area contributed by atoms with Crippen molar-refractivity contribution < 1.29 is 14.6 Å². The van der Waals surface area contributed by atoms with Crippen molar-refractivity contribution >= 4 is 49.7 Å². The molecule has 0 radical (unpaired) electrons. The minimum atomic E-state index is -3.72. The first-order valence-corrected chi connectivity index (χ1v) is 12.5. The zero-order chi connectivity index (χ0) is 21.8. The maximum absolute atomic E-state index is 12.8. The van der Waals surface area contributed by atoms with E-state index in [1.54, 1.807) is 22.4 Å². The van der Waals surface area contributed by atoms with Gasteiger partial charge in [0, 0.05) is 30.3 Å². The van der Waals surface area contributed by atoms with Crippen LogP contribution in [-0.2, 0) is 21.2 Å². The van der Waals surface area contributed by atoms with E-state index in [1.165, 1.54) is 29.7 Å². The lowest BCUT2D eigenvalue weighted by atomic mass is 10.1. The summed E-state index contributed by atoms with van der Waals surface area (Å²) < 4.78 is 27.4. The Morgan fingerprint density at radius 1 is 1.23 bits per heavy atom. The van der Waals surface area contributed by atoms with Crippen molar-refractivity contribution in [1.29, 1.82) is 0 Å². The molecule has 2 heterocycles. The summed E-state index contributed by atoms with van der Waals surface area (Å²) >= 11 is 7.22. The van der Waals surface area contributed by atoms with E-state index >= 15 is 0 Å². The van der Waals surface area contributed by atoms with Crippen LogP contribution < -0.4 is 14.9 Å². The highest BCUT2D eigenvalue weighted by atomic mass is 35.5. The lowest BCUT2D eigenvalue weighted by molar-refractivity contribution is -0.118. The van der Waals surface area contributed by atoms with Gasteiger partial charge in [-0.25, -0.2) is 13.4 Å². The average molecular weight is 479 g/mol. The summed E-state index contributed by atoms with van der Waals surface area (Å²) in [5, 5.41) is 6.02. The molecule has 0 saturated carbocycles. The van der Waals surface area contributed by atoms with Crippen LogP contribution >= 0.6 is 22.9 Å². The number of benzene rings is 2. The number of nitrogens with one attached hydrogen (secondary N) is 2. The van der Waals surface area contributed by atoms with E-state index < -0.39 is 10.0 Å². The molecule has 4 rings (SSSR count). The molecule has 1 aromatic heterocycles. The van der Waals surface area contributed by atoms with Crippen LogP contribution in [0.4, 0.5) is 10.8 Å². The van der Waals surface area contributed by atoms with E-state index in [2.05, 4.69) is 15.0 Å². The van der Waals surface area contributed by atoms with Gasteiger partial charge >= 0.3 is 0 Å². The van der Waals surface area contributed by atoms with Gasteiger partial charge in [0.25, 0.3) is 10.0 Å². The van der Waals surface area contributed by atoms with Crippen molar-refractivity contribution in [3.8, 4) is 0 Å². The molecule has 1 unspecified atom stereocenters. The van der Waals surface area contributed by atoms with Crippen molar-refractivity contribution in [2.75, 3.05) is 22.7 Å². The van der Waals surface area contributed by atoms with Gasteiger partial charge in [0.2, 0.25) is 5.91 Å². The van der Waals surface area contributed by atoms with Gasteiger partial charge in [-0.3, -0.25) is 9.52 Å². The number of thiazole rings is 1. The molecule has 3 aromatic rings. The topological polar surface area (TPSA) is 91.4 Å². The predicted octanol–water partition coefficient (Wildman–Crippen LogP) is 3.78. The van der Waals surface area contributed by atoms with Gasteiger partial charge in [-0.1, -0.05) is 23.7 Å². The summed E-state index contributed by atoms with van der Waals surface area (Å²) in [6.45, 7) is 1.25. The van der Waals surface area contributed by atoms with Gasteiger partial charge in [-0.15, -0.1) is 11.3 Å². The number of carbonyl (C=O) groups excluding carboxylic acids is 1. The van der Waals surface area contributed by atoms with Crippen LogP contribution in [0, 0.1) is 0 Å². The Labute approximate surface area is 191 Å². The maximum Gasteiger partial charge on any atom is 0.263 e. The molecule has 1 saturated heterocycles. The normalized spacial score (nSPS) is 16.6. The molecule has 2 N–H and O–H groups in total. The molecule has 164 valence electrons. The molecule has 1 aliphatic rings. The standard InChI is InChI=1S/C21H21ClN4O3S2.H2/c22-16-3-1-2-15(14-16)8-10-23-19-9-12-26(20(19)27)17-4-6-18(7-5-17)31(28,29)25-21-24-11-13-30-21;/h1-7,11,13-14,19,23H,8-10,12H2,(H,24,25);1H. The molecule has 1 atom stereocenters. The second-order valence-electron chi connectivity index (χ2n) is 7.10. The molecular formula is C21H23ClN4O3S2. The Morgan fingerprint density at radius 2 is 2.03 bits per heavy atom. The lowest BCUT2D eigenvalue weighted by Gasteiger charge is -2.18. The molecule has 0 aliphatic carbocycles. The van der Waals surface area contributed by atoms with E-state index in [0.29, 0.717) is 35.4 Å². The monoisotopic (exact) mass is 478 g/mol. The van der Waals surface area contributed by atoms with Crippen molar-refractivity contribution in [3.63, 3.8) is 0 Å². The molecular weight excluding hydrogens is 456 g/mol. The van der Waals surface area contributed by atoms with Gasteiger partial charge in [0.15, 0.2) is 5.13 Å². The SMILES string of the molecule is O=C1C(NCCc2cccc(Cl)c2)CCN1c1ccc(S(=O)(=O)Nc2nccs2)cc1.[HH]. The Balaban J connectivity index is 0.00000289. The second-order valence-corrected chi connectivity index (χ2v) is 10.1. The fourth-order valence-corrected chi connectivity index (χ4v) is 5.46. The Morgan fingerprint density at radius 3 is 2.74 bits per heavy atom. The first-order valence-electron chi connectivity index (χ1n) is 9.74. The number of anilines is 2. The van der Waals surface area contributed by atoms with Crippen LogP contribution in [0.1, 0.15) is 13.4 Å². The fourth-order valence-electron chi connectivity index (χ4n) is 3.46. The predicted molar refractivity (Wildman–Crippen MR) is 125 cm³/mol. The Bertz CT molecular complexity index is 1160. The molecule has 31 heavy (non-hydrogen) atoms. The smallest absolute Gasteiger partial charge is 0.263 e. The van der Waals surface area contributed by atoms with Crippen molar-refractivity contribution in [2.45, 2.75) is 23.8 Å².